The summed E-state index contributed by atoms with van der Waals surface area (Å²) < 4.78 is 22.4. The van der Waals surface area contributed by atoms with E-state index in [2.05, 4.69) is 249 Å². The first-order valence-corrected chi connectivity index (χ1v) is 31.1. The van der Waals surface area contributed by atoms with E-state index in [1.165, 1.54) is 89.0 Å². The zero-order valence-electron chi connectivity index (χ0n) is 44.5. The topological polar surface area (TPSA) is 30.9 Å². The molecule has 0 bridgehead atoms. The van der Waals surface area contributed by atoms with Crippen LogP contribution in [0.3, 0.4) is 0 Å². The van der Waals surface area contributed by atoms with Crippen molar-refractivity contribution < 1.29 is 14.2 Å². The first-order valence-electron chi connectivity index (χ1n) is 28.3. The molecule has 2 spiro atoms. The summed E-state index contributed by atoms with van der Waals surface area (Å²) in [5.74, 6) is 4.66. The fourth-order valence-electron chi connectivity index (χ4n) is 16.5. The molecule has 0 saturated carbocycles. The highest BCUT2D eigenvalue weighted by atomic mass is 32.4. The molecule has 20 rings (SSSR count). The average Bonchev–Trinajstić information content (AvgIpc) is 2.63. The van der Waals surface area contributed by atoms with E-state index in [1.807, 2.05) is 0 Å². The molecule has 1 unspecified atom stereocenters. The van der Waals surface area contributed by atoms with E-state index < -0.39 is 16.9 Å². The third-order valence-electron chi connectivity index (χ3n) is 19.5. The van der Waals surface area contributed by atoms with Crippen molar-refractivity contribution in [3.63, 3.8) is 0 Å². The third kappa shape index (κ3) is 4.94. The number of rotatable bonds is 2. The van der Waals surface area contributed by atoms with Gasteiger partial charge in [0.15, 0.2) is 11.5 Å². The molecule has 82 heavy (non-hydrogen) atoms. The lowest BCUT2D eigenvalue weighted by atomic mass is 9.70. The molecule has 4 heterocycles. The van der Waals surface area contributed by atoms with Crippen molar-refractivity contribution in [1.29, 1.82) is 0 Å². The second kappa shape index (κ2) is 14.9. The summed E-state index contributed by atoms with van der Waals surface area (Å²) in [6, 6.07) is 83.0. The van der Waals surface area contributed by atoms with Crippen LogP contribution >= 0.6 is 6.04 Å². The Morgan fingerprint density at radius 3 is 1.21 bits per heavy atom. The Labute approximate surface area is 479 Å². The number of nitrogens with zero attached hydrogens (tertiary/aromatic N) is 1. The van der Waals surface area contributed by atoms with E-state index in [1.54, 1.807) is 0 Å². The SMILES string of the molecule is Cc1ccc2c(c1)Oc1cc(-c3ccc4c(c3)C3(c5ccccc5-c5ccccc53)c3ccccc3-4)c3c4c1N2c1ccc(-c2ccc5c(c2)C2(c6ccccc6-c6ccccc62)c2ccccc2-5)c2c1P4(=S)c1c(cc(C)cc1O3)O2. The van der Waals surface area contributed by atoms with Crippen molar-refractivity contribution >= 4 is 50.8 Å². The summed E-state index contributed by atoms with van der Waals surface area (Å²) in [6.45, 7) is 4.26. The lowest BCUT2D eigenvalue weighted by Gasteiger charge is -2.48. The second-order valence-corrected chi connectivity index (χ2v) is 27.6. The molecule has 8 aliphatic rings. The van der Waals surface area contributed by atoms with Gasteiger partial charge in [-0.1, -0.05) is 188 Å². The van der Waals surface area contributed by atoms with E-state index in [9.17, 15) is 0 Å². The van der Waals surface area contributed by atoms with Gasteiger partial charge in [-0.2, -0.15) is 0 Å². The Morgan fingerprint density at radius 2 is 0.720 bits per heavy atom. The molecule has 0 radical (unpaired) electrons. The smallest absolute Gasteiger partial charge is 0.153 e. The van der Waals surface area contributed by atoms with Gasteiger partial charge in [-0.15, -0.1) is 0 Å². The van der Waals surface area contributed by atoms with Crippen LogP contribution in [0.1, 0.15) is 55.6 Å². The molecule has 6 heteroatoms. The maximum Gasteiger partial charge on any atom is 0.153 e. The summed E-state index contributed by atoms with van der Waals surface area (Å²) in [7, 11) is 0. The Hall–Kier alpha value is -9.51. The third-order valence-corrected chi connectivity index (χ3v) is 24.3. The van der Waals surface area contributed by atoms with E-state index in [-0.39, 0.29) is 0 Å². The largest absolute Gasteiger partial charge is 0.455 e. The maximum absolute atomic E-state index is 7.71. The van der Waals surface area contributed by atoms with Crippen LogP contribution in [0, 0.1) is 13.8 Å². The van der Waals surface area contributed by atoms with Crippen molar-refractivity contribution in [3.05, 3.63) is 286 Å². The van der Waals surface area contributed by atoms with Gasteiger partial charge in [0.2, 0.25) is 0 Å². The first kappa shape index (κ1) is 44.3. The lowest BCUT2D eigenvalue weighted by molar-refractivity contribution is 0.460. The quantitative estimate of drug-likeness (QED) is 0.161. The number of ether oxygens (including phenoxy) is 3. The summed E-state index contributed by atoms with van der Waals surface area (Å²) in [5, 5.41) is 3.01. The van der Waals surface area contributed by atoms with Crippen molar-refractivity contribution in [2.75, 3.05) is 4.90 Å². The molecule has 0 aromatic heterocycles. The number of hydrogen-bond acceptors (Lipinski definition) is 5. The van der Waals surface area contributed by atoms with Crippen molar-refractivity contribution in [3.8, 4) is 101 Å². The fraction of sp³-hybridized carbons (Fsp3) is 0.0526. The van der Waals surface area contributed by atoms with Gasteiger partial charge >= 0.3 is 0 Å². The van der Waals surface area contributed by atoms with Crippen LogP contribution < -0.4 is 35.0 Å². The molecular formula is C76H44NO3PS. The molecule has 0 N–H and O–H groups in total. The Kier molecular flexibility index (Phi) is 8.03. The number of benzene rings is 12. The van der Waals surface area contributed by atoms with E-state index in [0.29, 0.717) is 0 Å². The van der Waals surface area contributed by atoms with Crippen LogP contribution in [0.5, 0.6) is 34.5 Å². The standard InChI is InChI=1S/C76H44NO3PS/c1-41-27-33-63-65(35-41)78-66-40-54(44-29-31-53-51-20-8-14-26-60(51)76(62(53)39-44)57-23-11-5-17-48(57)49-18-6-12-24-58(49)76)71-74-69(66)77(63)64-34-32-45(70-72(64)81(74,82)73-67(79-70)36-42(2)37-68(73)80-71)43-28-30-52-50-19-7-13-25-59(50)75(61(52)38-43)55-21-9-3-15-46(55)47-16-4-10-22-56(47)75/h3-40H,1-2H3. The van der Waals surface area contributed by atoms with Gasteiger partial charge in [0, 0.05) is 11.1 Å². The van der Waals surface area contributed by atoms with Crippen LogP contribution in [0.15, 0.2) is 231 Å². The number of aryl methyl sites for hydroxylation is 2. The van der Waals surface area contributed by atoms with E-state index >= 15 is 0 Å². The molecule has 0 fully saturated rings. The van der Waals surface area contributed by atoms with Crippen molar-refractivity contribution in [1.82, 2.24) is 0 Å². The van der Waals surface area contributed by atoms with Crippen LogP contribution in [0.2, 0.25) is 0 Å². The van der Waals surface area contributed by atoms with Crippen LogP contribution in [-0.4, -0.2) is 0 Å². The van der Waals surface area contributed by atoms with Gasteiger partial charge in [-0.05, 0) is 180 Å². The van der Waals surface area contributed by atoms with Crippen molar-refractivity contribution in [2.45, 2.75) is 24.7 Å². The van der Waals surface area contributed by atoms with Gasteiger partial charge in [-0.3, -0.25) is 0 Å². The summed E-state index contributed by atoms with van der Waals surface area (Å²) in [4.78, 5) is 2.40. The molecule has 12 aromatic carbocycles. The van der Waals surface area contributed by atoms with E-state index in [4.69, 9.17) is 26.0 Å². The number of hydrogen-bond donors (Lipinski definition) is 0. The Morgan fingerprint density at radius 1 is 0.317 bits per heavy atom. The normalized spacial score (nSPS) is 17.0. The minimum Gasteiger partial charge on any atom is -0.455 e. The number of anilines is 3. The summed E-state index contributed by atoms with van der Waals surface area (Å²) in [5.41, 5.74) is 28.7. The monoisotopic (exact) mass is 1080 g/mol. The van der Waals surface area contributed by atoms with Gasteiger partial charge in [-0.25, -0.2) is 0 Å². The van der Waals surface area contributed by atoms with Gasteiger partial charge < -0.3 is 19.1 Å². The molecule has 4 aliphatic heterocycles. The molecule has 0 amide bonds. The Bertz CT molecular complexity index is 4980. The minimum atomic E-state index is -3.06. The van der Waals surface area contributed by atoms with E-state index in [0.717, 1.165) is 101 Å². The summed E-state index contributed by atoms with van der Waals surface area (Å²) in [6.07, 6.45) is 0. The molecule has 4 aliphatic carbocycles. The van der Waals surface area contributed by atoms with Gasteiger partial charge in [0.25, 0.3) is 0 Å². The number of fused-ring (bicyclic) bond motifs is 23. The maximum atomic E-state index is 7.71. The zero-order valence-corrected chi connectivity index (χ0v) is 46.2. The van der Waals surface area contributed by atoms with Crippen LogP contribution in [0.4, 0.5) is 17.1 Å². The molecule has 0 saturated heterocycles. The Balaban J connectivity index is 0.857. The summed E-state index contributed by atoms with van der Waals surface area (Å²) >= 11 is 7.71. The van der Waals surface area contributed by atoms with Gasteiger partial charge in [0.05, 0.1) is 44.2 Å². The van der Waals surface area contributed by atoms with Gasteiger partial charge in [0.1, 0.15) is 28.7 Å². The average molecular weight is 1080 g/mol. The predicted molar refractivity (Wildman–Crippen MR) is 334 cm³/mol. The van der Waals surface area contributed by atoms with Crippen molar-refractivity contribution in [2.24, 2.45) is 0 Å². The molecule has 4 nitrogen and oxygen atoms in total. The fourth-order valence-corrected chi connectivity index (χ4v) is 21.5. The predicted octanol–water partition coefficient (Wildman–Crippen LogP) is 18.2. The highest BCUT2D eigenvalue weighted by Gasteiger charge is 2.56. The molecule has 1 atom stereocenters. The molecule has 382 valence electrons. The highest BCUT2D eigenvalue weighted by Crippen LogP contribution is 2.72. The molecular weight excluding hydrogens is 1040 g/mol. The van der Waals surface area contributed by atoms with Crippen LogP contribution in [0.25, 0.3) is 66.8 Å². The lowest BCUT2D eigenvalue weighted by Crippen LogP contribution is -2.43. The second-order valence-electron chi connectivity index (χ2n) is 23.4. The highest BCUT2D eigenvalue weighted by molar-refractivity contribution is 8.26. The molecule has 12 aromatic rings. The first-order chi connectivity index (χ1) is 40.3. The minimum absolute atomic E-state index is 0.506. The van der Waals surface area contributed by atoms with Crippen LogP contribution in [-0.2, 0) is 22.6 Å². The zero-order chi connectivity index (χ0) is 53.7.